The third-order valence-corrected chi connectivity index (χ3v) is 3.74. The second-order valence-electron chi connectivity index (χ2n) is 4.82. The van der Waals surface area contributed by atoms with Gasteiger partial charge in [0, 0.05) is 18.5 Å². The Balaban J connectivity index is 2.06. The summed E-state index contributed by atoms with van der Waals surface area (Å²) in [6, 6.07) is 6.52. The lowest BCUT2D eigenvalue weighted by Crippen LogP contribution is -2.29. The minimum absolute atomic E-state index is 1.04. The van der Waals surface area contributed by atoms with Crippen LogP contribution in [0.3, 0.4) is 0 Å². The summed E-state index contributed by atoms with van der Waals surface area (Å²) in [7, 11) is 0. The molecule has 0 radical (unpaired) electrons. The van der Waals surface area contributed by atoms with E-state index in [0.717, 1.165) is 12.0 Å². The van der Waals surface area contributed by atoms with E-state index in [2.05, 4.69) is 30.0 Å². The van der Waals surface area contributed by atoms with E-state index in [1.807, 2.05) is 6.26 Å². The molecule has 1 fully saturated rings. The maximum absolute atomic E-state index is 5.78. The van der Waals surface area contributed by atoms with Crippen molar-refractivity contribution in [1.82, 2.24) is 0 Å². The van der Waals surface area contributed by atoms with Crippen LogP contribution in [0.1, 0.15) is 31.7 Å². The molecule has 17 heavy (non-hydrogen) atoms. The van der Waals surface area contributed by atoms with Gasteiger partial charge in [0.25, 0.3) is 0 Å². The fourth-order valence-corrected chi connectivity index (χ4v) is 2.75. The molecule has 2 heteroatoms. The third-order valence-electron chi connectivity index (χ3n) is 3.74. The molecule has 0 aliphatic carbocycles. The summed E-state index contributed by atoms with van der Waals surface area (Å²) in [6.07, 6.45) is 6.93. The van der Waals surface area contributed by atoms with Gasteiger partial charge in [0.2, 0.25) is 0 Å². The van der Waals surface area contributed by atoms with Gasteiger partial charge in [-0.1, -0.05) is 19.1 Å². The molecular formula is C15H19NO. The molecule has 1 aromatic carbocycles. The second-order valence-corrected chi connectivity index (χ2v) is 4.82. The first-order valence-electron chi connectivity index (χ1n) is 6.64. The van der Waals surface area contributed by atoms with Crippen LogP contribution < -0.4 is 4.90 Å². The van der Waals surface area contributed by atoms with E-state index < -0.39 is 0 Å². The van der Waals surface area contributed by atoms with E-state index in [4.69, 9.17) is 4.42 Å². The van der Waals surface area contributed by atoms with Crippen molar-refractivity contribution in [3.8, 4) is 0 Å². The highest BCUT2D eigenvalue weighted by atomic mass is 16.3. The van der Waals surface area contributed by atoms with E-state index in [9.17, 15) is 0 Å². The summed E-state index contributed by atoms with van der Waals surface area (Å²) < 4.78 is 5.78. The summed E-state index contributed by atoms with van der Waals surface area (Å²) in [4.78, 5) is 2.47. The van der Waals surface area contributed by atoms with E-state index in [0.29, 0.717) is 0 Å². The average Bonchev–Trinajstić information content (AvgIpc) is 2.82. The van der Waals surface area contributed by atoms with Crippen molar-refractivity contribution in [1.29, 1.82) is 0 Å². The van der Waals surface area contributed by atoms with Crippen molar-refractivity contribution in [2.75, 3.05) is 18.0 Å². The molecule has 0 bridgehead atoms. The van der Waals surface area contributed by atoms with E-state index in [-0.39, 0.29) is 0 Å². The molecule has 0 N–H and O–H groups in total. The Morgan fingerprint density at radius 3 is 2.76 bits per heavy atom. The van der Waals surface area contributed by atoms with Crippen molar-refractivity contribution in [2.45, 2.75) is 32.6 Å². The highest BCUT2D eigenvalue weighted by molar-refractivity contribution is 5.92. The van der Waals surface area contributed by atoms with Crippen LogP contribution in [0.25, 0.3) is 11.0 Å². The molecule has 2 heterocycles. The number of anilines is 1. The van der Waals surface area contributed by atoms with E-state index in [1.54, 1.807) is 0 Å². The number of hydrogen-bond donors (Lipinski definition) is 0. The van der Waals surface area contributed by atoms with Crippen molar-refractivity contribution < 1.29 is 4.42 Å². The van der Waals surface area contributed by atoms with Crippen molar-refractivity contribution >= 4 is 16.7 Å². The van der Waals surface area contributed by atoms with Crippen molar-refractivity contribution in [3.63, 3.8) is 0 Å². The average molecular weight is 229 g/mol. The molecule has 3 rings (SSSR count). The fraction of sp³-hybridized carbons (Fsp3) is 0.467. The summed E-state index contributed by atoms with van der Waals surface area (Å²) in [5, 5.41) is 1.29. The number of benzene rings is 1. The molecule has 0 atom stereocenters. The Hall–Kier alpha value is -1.44. The Labute approximate surface area is 102 Å². The van der Waals surface area contributed by atoms with Crippen LogP contribution in [0.15, 0.2) is 28.9 Å². The highest BCUT2D eigenvalue weighted by Crippen LogP contribution is 2.32. The predicted octanol–water partition coefficient (Wildman–Crippen LogP) is 3.99. The molecule has 2 nitrogen and oxygen atoms in total. The van der Waals surface area contributed by atoms with Crippen molar-refractivity contribution in [3.05, 3.63) is 30.0 Å². The van der Waals surface area contributed by atoms with Crippen LogP contribution in [0.4, 0.5) is 5.69 Å². The van der Waals surface area contributed by atoms with Crippen LogP contribution in [-0.4, -0.2) is 13.1 Å². The Bertz CT molecular complexity index is 509. The minimum Gasteiger partial charge on any atom is -0.462 e. The molecule has 1 saturated heterocycles. The molecule has 1 aliphatic heterocycles. The lowest BCUT2D eigenvalue weighted by Gasteiger charge is -2.28. The number of furan rings is 1. The number of para-hydroxylation sites is 1. The van der Waals surface area contributed by atoms with Gasteiger partial charge < -0.3 is 9.32 Å². The maximum Gasteiger partial charge on any atom is 0.157 e. The first kappa shape index (κ1) is 10.7. The summed E-state index contributed by atoms with van der Waals surface area (Å²) in [6.45, 7) is 4.51. The van der Waals surface area contributed by atoms with Crippen LogP contribution in [0.2, 0.25) is 0 Å². The number of hydrogen-bond acceptors (Lipinski definition) is 2. The first-order valence-corrected chi connectivity index (χ1v) is 6.64. The molecule has 1 aliphatic rings. The van der Waals surface area contributed by atoms with Crippen LogP contribution in [0, 0.1) is 0 Å². The molecule has 0 spiro atoms. The van der Waals surface area contributed by atoms with Gasteiger partial charge in [-0.15, -0.1) is 0 Å². The maximum atomic E-state index is 5.78. The standard InChI is InChI=1S/C15H19NO/c1-2-12-11-17-15-13(12)7-6-8-14(15)16-9-4-3-5-10-16/h6-8,11H,2-5,9-10H2,1H3. The van der Waals surface area contributed by atoms with Gasteiger partial charge in [-0.3, -0.25) is 0 Å². The van der Waals surface area contributed by atoms with Gasteiger partial charge >= 0.3 is 0 Å². The number of fused-ring (bicyclic) bond motifs is 1. The summed E-state index contributed by atoms with van der Waals surface area (Å²) in [5.74, 6) is 0. The SMILES string of the molecule is CCc1coc2c(N3CCCCC3)cccc12. The number of rotatable bonds is 2. The van der Waals surface area contributed by atoms with Crippen LogP contribution in [0.5, 0.6) is 0 Å². The molecule has 90 valence electrons. The minimum atomic E-state index is 1.04. The predicted molar refractivity (Wildman–Crippen MR) is 71.7 cm³/mol. The Kier molecular flexibility index (Phi) is 2.79. The normalized spacial score (nSPS) is 16.6. The van der Waals surface area contributed by atoms with Gasteiger partial charge in [0.15, 0.2) is 5.58 Å². The lowest BCUT2D eigenvalue weighted by molar-refractivity contribution is 0.569. The van der Waals surface area contributed by atoms with Gasteiger partial charge in [0.05, 0.1) is 12.0 Å². The topological polar surface area (TPSA) is 16.4 Å². The molecule has 0 unspecified atom stereocenters. The van der Waals surface area contributed by atoms with Gasteiger partial charge in [-0.05, 0) is 37.3 Å². The van der Waals surface area contributed by atoms with Crippen LogP contribution >= 0.6 is 0 Å². The largest absolute Gasteiger partial charge is 0.462 e. The van der Waals surface area contributed by atoms with E-state index in [1.165, 1.54) is 49.0 Å². The fourth-order valence-electron chi connectivity index (χ4n) is 2.75. The Morgan fingerprint density at radius 1 is 1.18 bits per heavy atom. The van der Waals surface area contributed by atoms with Gasteiger partial charge in [-0.2, -0.15) is 0 Å². The number of nitrogens with zero attached hydrogens (tertiary/aromatic N) is 1. The summed E-state index contributed by atoms with van der Waals surface area (Å²) in [5.41, 5.74) is 3.67. The third kappa shape index (κ3) is 1.82. The number of aryl methyl sites for hydroxylation is 1. The van der Waals surface area contributed by atoms with Gasteiger partial charge in [0.1, 0.15) is 0 Å². The molecule has 2 aromatic rings. The highest BCUT2D eigenvalue weighted by Gasteiger charge is 2.16. The van der Waals surface area contributed by atoms with Gasteiger partial charge in [-0.25, -0.2) is 0 Å². The monoisotopic (exact) mass is 229 g/mol. The first-order chi connectivity index (χ1) is 8.40. The van der Waals surface area contributed by atoms with Crippen molar-refractivity contribution in [2.24, 2.45) is 0 Å². The molecule has 0 amide bonds. The zero-order valence-electron chi connectivity index (χ0n) is 10.4. The molecule has 0 saturated carbocycles. The zero-order valence-corrected chi connectivity index (χ0v) is 10.4. The zero-order chi connectivity index (χ0) is 11.7. The molecule has 1 aromatic heterocycles. The Morgan fingerprint density at radius 2 is 2.00 bits per heavy atom. The number of piperidine rings is 1. The quantitative estimate of drug-likeness (QED) is 0.774. The van der Waals surface area contributed by atoms with Crippen LogP contribution in [-0.2, 0) is 6.42 Å². The second kappa shape index (κ2) is 4.44. The smallest absolute Gasteiger partial charge is 0.157 e. The lowest BCUT2D eigenvalue weighted by atomic mass is 10.1. The molecular weight excluding hydrogens is 210 g/mol. The summed E-state index contributed by atoms with van der Waals surface area (Å²) >= 11 is 0. The van der Waals surface area contributed by atoms with E-state index >= 15 is 0 Å².